The van der Waals surface area contributed by atoms with Crippen LogP contribution in [-0.2, 0) is 4.79 Å². The van der Waals surface area contributed by atoms with Gasteiger partial charge < -0.3 is 5.11 Å². The van der Waals surface area contributed by atoms with Crippen molar-refractivity contribution in [2.75, 3.05) is 0 Å². The number of carbonyl (C=O) groups is 1. The van der Waals surface area contributed by atoms with E-state index in [9.17, 15) is 40.6 Å². The summed E-state index contributed by atoms with van der Waals surface area (Å²) in [5, 5.41) is 13.0. The summed E-state index contributed by atoms with van der Waals surface area (Å²) in [4.78, 5) is 10.8. The van der Waals surface area contributed by atoms with Crippen LogP contribution in [-0.4, -0.2) is 46.0 Å². The number of hydrogen-bond acceptors (Lipinski definition) is 3. The van der Waals surface area contributed by atoms with Crippen LogP contribution in [0.3, 0.4) is 0 Å². The second-order valence-corrected chi connectivity index (χ2v) is 5.89. The van der Waals surface area contributed by atoms with Crippen molar-refractivity contribution in [3.63, 3.8) is 0 Å². The fourth-order valence-corrected chi connectivity index (χ4v) is 1.82. The van der Waals surface area contributed by atoms with E-state index >= 15 is 0 Å². The number of alkyl halides is 7. The van der Waals surface area contributed by atoms with Crippen molar-refractivity contribution in [3.05, 3.63) is 0 Å². The van der Waals surface area contributed by atoms with E-state index in [2.05, 4.69) is 5.10 Å². The normalized spacial score (nSPS) is 24.5. The van der Waals surface area contributed by atoms with Gasteiger partial charge in [-0.1, -0.05) is 20.8 Å². The Kier molecular flexibility index (Phi) is 4.07. The maximum atomic E-state index is 13.6. The van der Waals surface area contributed by atoms with Crippen LogP contribution in [0, 0.1) is 5.41 Å². The Bertz CT molecular complexity index is 496. The third kappa shape index (κ3) is 2.44. The first-order valence-corrected chi connectivity index (χ1v) is 5.89. The van der Waals surface area contributed by atoms with E-state index in [-0.39, 0.29) is 11.4 Å². The average molecular weight is 338 g/mol. The Morgan fingerprint density at radius 2 is 1.59 bits per heavy atom. The number of halogens is 7. The maximum Gasteiger partial charge on any atom is 0.460 e. The molecule has 128 valence electrons. The Balaban J connectivity index is 3.33. The Morgan fingerprint density at radius 1 is 1.14 bits per heavy atom. The molecular formula is C11H13F7N2O2. The van der Waals surface area contributed by atoms with Crippen LogP contribution in [0.25, 0.3) is 0 Å². The lowest BCUT2D eigenvalue weighted by Gasteiger charge is -2.40. The maximum absolute atomic E-state index is 13.6. The van der Waals surface area contributed by atoms with Gasteiger partial charge in [0.2, 0.25) is 6.41 Å². The molecule has 0 aromatic heterocycles. The number of carbonyl (C=O) groups excluding carboxylic acids is 1. The van der Waals surface area contributed by atoms with Gasteiger partial charge in [0.15, 0.2) is 5.72 Å². The molecule has 11 heteroatoms. The standard InChI is InChI=1S/C11H13F7N2O2/c1-7(2,3)8(22)4-6(19-20(8)5-21)9(12,13)10(14,15)11(16,17)18/h5,22H,4H2,1-3H3. The fraction of sp³-hybridized carbons (Fsp3) is 0.818. The van der Waals surface area contributed by atoms with Crippen molar-refractivity contribution in [3.8, 4) is 0 Å². The molecule has 0 radical (unpaired) electrons. The van der Waals surface area contributed by atoms with Crippen molar-refractivity contribution in [1.29, 1.82) is 0 Å². The Labute approximate surface area is 120 Å². The molecule has 1 amide bonds. The van der Waals surface area contributed by atoms with E-state index in [4.69, 9.17) is 0 Å². The van der Waals surface area contributed by atoms with E-state index in [1.807, 2.05) is 0 Å². The topological polar surface area (TPSA) is 52.9 Å². The van der Waals surface area contributed by atoms with Gasteiger partial charge in [0.25, 0.3) is 0 Å². The van der Waals surface area contributed by atoms with Gasteiger partial charge in [-0.15, -0.1) is 0 Å². The van der Waals surface area contributed by atoms with Crippen LogP contribution in [0.5, 0.6) is 0 Å². The summed E-state index contributed by atoms with van der Waals surface area (Å²) in [5.74, 6) is -12.1. The van der Waals surface area contributed by atoms with Gasteiger partial charge in [0.1, 0.15) is 5.71 Å². The molecule has 1 aliphatic heterocycles. The highest BCUT2D eigenvalue weighted by Gasteiger charge is 2.76. The van der Waals surface area contributed by atoms with Gasteiger partial charge in [-0.3, -0.25) is 4.79 Å². The van der Waals surface area contributed by atoms with Gasteiger partial charge in [-0.05, 0) is 0 Å². The summed E-state index contributed by atoms with van der Waals surface area (Å²) in [7, 11) is 0. The van der Waals surface area contributed by atoms with Crippen molar-refractivity contribution in [2.24, 2.45) is 10.5 Å². The zero-order valence-corrected chi connectivity index (χ0v) is 11.7. The second-order valence-electron chi connectivity index (χ2n) is 5.89. The quantitative estimate of drug-likeness (QED) is 0.635. The monoisotopic (exact) mass is 338 g/mol. The molecular weight excluding hydrogens is 325 g/mol. The lowest BCUT2D eigenvalue weighted by atomic mass is 9.79. The lowest BCUT2D eigenvalue weighted by Crippen LogP contribution is -2.57. The van der Waals surface area contributed by atoms with E-state index in [0.29, 0.717) is 0 Å². The van der Waals surface area contributed by atoms with Gasteiger partial charge in [0.05, 0.1) is 0 Å². The summed E-state index contributed by atoms with van der Waals surface area (Å²) in [6.07, 6.45) is -8.08. The number of hydrogen-bond donors (Lipinski definition) is 1. The minimum atomic E-state index is -6.52. The van der Waals surface area contributed by atoms with Crippen LogP contribution in [0.4, 0.5) is 30.7 Å². The van der Waals surface area contributed by atoms with Crippen molar-refractivity contribution < 1.29 is 40.6 Å². The van der Waals surface area contributed by atoms with Crippen LogP contribution in [0.15, 0.2) is 5.10 Å². The summed E-state index contributed by atoms with van der Waals surface area (Å²) >= 11 is 0. The highest BCUT2D eigenvalue weighted by atomic mass is 19.4. The summed E-state index contributed by atoms with van der Waals surface area (Å²) in [6, 6.07) is 0. The fourth-order valence-electron chi connectivity index (χ4n) is 1.82. The van der Waals surface area contributed by atoms with Gasteiger partial charge >= 0.3 is 18.0 Å². The molecule has 0 saturated heterocycles. The van der Waals surface area contributed by atoms with Crippen molar-refractivity contribution >= 4 is 12.1 Å². The highest BCUT2D eigenvalue weighted by Crippen LogP contribution is 2.51. The predicted octanol–water partition coefficient (Wildman–Crippen LogP) is 2.77. The first-order valence-electron chi connectivity index (χ1n) is 5.89. The largest absolute Gasteiger partial charge is 0.460 e. The van der Waals surface area contributed by atoms with Crippen molar-refractivity contribution in [1.82, 2.24) is 5.01 Å². The molecule has 0 aromatic rings. The SMILES string of the molecule is CC(C)(C)C1(O)CC(C(F)(F)C(F)(F)C(F)(F)F)=NN1C=O. The molecule has 1 N–H and O–H groups in total. The first-order chi connectivity index (χ1) is 9.52. The molecule has 4 nitrogen and oxygen atoms in total. The molecule has 0 aromatic carbocycles. The average Bonchev–Trinajstić information content (AvgIpc) is 2.66. The van der Waals surface area contributed by atoms with Crippen LogP contribution in [0.2, 0.25) is 0 Å². The summed E-state index contributed by atoms with van der Waals surface area (Å²) in [5.41, 5.74) is -5.70. The number of nitrogens with zero attached hydrogens (tertiary/aromatic N) is 2. The molecule has 0 fully saturated rings. The minimum absolute atomic E-state index is 0.0305. The first kappa shape index (κ1) is 18.7. The smallest absolute Gasteiger partial charge is 0.368 e. The van der Waals surface area contributed by atoms with Crippen LogP contribution >= 0.6 is 0 Å². The Hall–Kier alpha value is -1.39. The van der Waals surface area contributed by atoms with Gasteiger partial charge in [0, 0.05) is 11.8 Å². The number of aliphatic hydroxyl groups is 1. The molecule has 1 heterocycles. The molecule has 0 spiro atoms. The zero-order chi connectivity index (χ0) is 17.8. The van der Waals surface area contributed by atoms with E-state index in [1.165, 1.54) is 20.8 Å². The molecule has 1 rings (SSSR count). The minimum Gasteiger partial charge on any atom is -0.368 e. The molecule has 1 unspecified atom stereocenters. The number of rotatable bonds is 3. The molecule has 0 saturated carbocycles. The zero-order valence-electron chi connectivity index (χ0n) is 11.7. The molecule has 22 heavy (non-hydrogen) atoms. The Morgan fingerprint density at radius 3 is 1.86 bits per heavy atom. The summed E-state index contributed by atoms with van der Waals surface area (Å²) in [6.45, 7) is 3.84. The number of amides is 1. The van der Waals surface area contributed by atoms with Crippen LogP contribution < -0.4 is 0 Å². The van der Waals surface area contributed by atoms with Gasteiger partial charge in [-0.2, -0.15) is 35.8 Å². The predicted molar refractivity (Wildman–Crippen MR) is 60.3 cm³/mol. The molecule has 0 bridgehead atoms. The molecule has 0 aliphatic carbocycles. The summed E-state index contributed by atoms with van der Waals surface area (Å²) < 4.78 is 89.6. The van der Waals surface area contributed by atoms with Crippen molar-refractivity contribution in [2.45, 2.75) is 50.9 Å². The second kappa shape index (κ2) is 4.80. The molecule has 1 aliphatic rings. The van der Waals surface area contributed by atoms with E-state index < -0.39 is 41.3 Å². The lowest BCUT2D eigenvalue weighted by molar-refractivity contribution is -0.336. The number of hydrazone groups is 1. The van der Waals surface area contributed by atoms with E-state index in [0.717, 1.165) is 0 Å². The third-order valence-electron chi connectivity index (χ3n) is 3.44. The highest BCUT2D eigenvalue weighted by molar-refractivity contribution is 5.95. The van der Waals surface area contributed by atoms with Gasteiger partial charge in [-0.25, -0.2) is 5.01 Å². The van der Waals surface area contributed by atoms with E-state index in [1.54, 1.807) is 0 Å². The molecule has 1 atom stereocenters. The third-order valence-corrected chi connectivity index (χ3v) is 3.44. The van der Waals surface area contributed by atoms with Crippen LogP contribution in [0.1, 0.15) is 27.2 Å².